The Morgan fingerprint density at radius 3 is 2.60 bits per heavy atom. The lowest BCUT2D eigenvalue weighted by Crippen LogP contribution is -2.27. The van der Waals surface area contributed by atoms with Gasteiger partial charge in [0.25, 0.3) is 0 Å². The average molecular weight is 371 g/mol. The van der Waals surface area contributed by atoms with Crippen molar-refractivity contribution in [1.82, 2.24) is 0 Å². The molecule has 0 aliphatic carbocycles. The number of aliphatic hydroxyl groups is 1. The zero-order chi connectivity index (χ0) is 18.7. The van der Waals surface area contributed by atoms with Crippen LogP contribution in [0.25, 0.3) is 0 Å². The zero-order valence-electron chi connectivity index (χ0n) is 16.4. The van der Waals surface area contributed by atoms with Gasteiger partial charge >= 0.3 is 5.97 Å². The zero-order valence-corrected chi connectivity index (χ0v) is 17.2. The maximum Gasteiger partial charge on any atom is 0.303 e. The number of thioether (sulfide) groups is 1. The normalized spacial score (nSPS) is 22.6. The molecule has 0 saturated carbocycles. The third-order valence-electron chi connectivity index (χ3n) is 5.48. The molecule has 146 valence electrons. The van der Waals surface area contributed by atoms with Gasteiger partial charge < -0.3 is 10.2 Å². The van der Waals surface area contributed by atoms with Crippen LogP contribution in [0.2, 0.25) is 0 Å². The molecular weight excluding hydrogens is 332 g/mol. The van der Waals surface area contributed by atoms with Crippen molar-refractivity contribution in [3.8, 4) is 0 Å². The van der Waals surface area contributed by atoms with Gasteiger partial charge in [-0.15, -0.1) is 0 Å². The number of carboxylic acid groups (broad SMARTS) is 1. The Balaban J connectivity index is 2.33. The van der Waals surface area contributed by atoms with Crippen LogP contribution < -0.4 is 0 Å². The average Bonchev–Trinajstić information content (AvgIpc) is 3.01. The molecular formula is C21H38O3S. The summed E-state index contributed by atoms with van der Waals surface area (Å²) in [6.45, 7) is 6.52. The van der Waals surface area contributed by atoms with E-state index < -0.39 is 5.97 Å². The molecule has 0 radical (unpaired) electrons. The number of carbonyl (C=O) groups is 1. The Morgan fingerprint density at radius 2 is 1.92 bits per heavy atom. The second-order valence-electron chi connectivity index (χ2n) is 8.23. The summed E-state index contributed by atoms with van der Waals surface area (Å²) >= 11 is 2.02. The molecule has 1 rings (SSSR count). The van der Waals surface area contributed by atoms with Crippen molar-refractivity contribution < 1.29 is 15.0 Å². The third kappa shape index (κ3) is 9.14. The van der Waals surface area contributed by atoms with Crippen molar-refractivity contribution >= 4 is 17.7 Å². The Hall–Kier alpha value is -0.480. The largest absolute Gasteiger partial charge is 0.481 e. The smallest absolute Gasteiger partial charge is 0.303 e. The molecule has 1 fully saturated rings. The third-order valence-corrected chi connectivity index (χ3v) is 6.76. The van der Waals surface area contributed by atoms with E-state index in [0.717, 1.165) is 25.7 Å². The highest BCUT2D eigenvalue weighted by Crippen LogP contribution is 2.35. The van der Waals surface area contributed by atoms with E-state index in [0.29, 0.717) is 18.3 Å². The quantitative estimate of drug-likeness (QED) is 0.331. The Bertz CT molecular complexity index is 406. The van der Waals surface area contributed by atoms with E-state index in [2.05, 4.69) is 26.8 Å². The number of aliphatic hydroxyl groups excluding tert-OH is 1. The van der Waals surface area contributed by atoms with Gasteiger partial charge in [0.2, 0.25) is 0 Å². The standard InChI is InChI=1S/C21H38O3S/c1-4-5-14-21(2,3)19(22)13-12-18-16-25-15-17(18)10-8-6-7-9-11-20(23)24/h12-13,17-19,22H,4-11,14-16H2,1-3H3,(H,23,24)/b13-12+/t17-,18+,19?/m1/s1. The van der Waals surface area contributed by atoms with E-state index in [1.807, 2.05) is 17.8 Å². The molecule has 0 bridgehead atoms. The predicted molar refractivity (Wildman–Crippen MR) is 108 cm³/mol. The minimum Gasteiger partial charge on any atom is -0.481 e. The summed E-state index contributed by atoms with van der Waals surface area (Å²) in [4.78, 5) is 10.5. The molecule has 3 nitrogen and oxygen atoms in total. The number of unbranched alkanes of at least 4 members (excludes halogenated alkanes) is 4. The number of rotatable bonds is 13. The van der Waals surface area contributed by atoms with E-state index in [9.17, 15) is 9.90 Å². The molecule has 25 heavy (non-hydrogen) atoms. The lowest BCUT2D eigenvalue weighted by Gasteiger charge is -2.29. The van der Waals surface area contributed by atoms with Gasteiger partial charge in [-0.05, 0) is 48.0 Å². The summed E-state index contributed by atoms with van der Waals surface area (Å²) in [6.07, 6.45) is 13.1. The van der Waals surface area contributed by atoms with Crippen LogP contribution in [0, 0.1) is 17.3 Å². The highest BCUT2D eigenvalue weighted by molar-refractivity contribution is 7.99. The number of carboxylic acids is 1. The maximum absolute atomic E-state index is 10.5. The van der Waals surface area contributed by atoms with Gasteiger partial charge in [-0.2, -0.15) is 11.8 Å². The summed E-state index contributed by atoms with van der Waals surface area (Å²) in [5.74, 6) is 3.01. The van der Waals surface area contributed by atoms with Crippen molar-refractivity contribution in [2.24, 2.45) is 17.3 Å². The van der Waals surface area contributed by atoms with Crippen LogP contribution in [-0.4, -0.2) is 33.8 Å². The van der Waals surface area contributed by atoms with Gasteiger partial charge in [-0.25, -0.2) is 0 Å². The van der Waals surface area contributed by atoms with Crippen LogP contribution in [0.3, 0.4) is 0 Å². The monoisotopic (exact) mass is 370 g/mol. The van der Waals surface area contributed by atoms with Crippen LogP contribution >= 0.6 is 11.8 Å². The first-order valence-electron chi connectivity index (χ1n) is 10.0. The predicted octanol–water partition coefficient (Wildman–Crippen LogP) is 5.52. The van der Waals surface area contributed by atoms with E-state index in [1.54, 1.807) is 0 Å². The number of aliphatic carboxylic acids is 1. The van der Waals surface area contributed by atoms with E-state index >= 15 is 0 Å². The van der Waals surface area contributed by atoms with Gasteiger partial charge in [0.1, 0.15) is 0 Å². The van der Waals surface area contributed by atoms with Crippen molar-refractivity contribution in [2.75, 3.05) is 11.5 Å². The number of allylic oxidation sites excluding steroid dienone is 1. The van der Waals surface area contributed by atoms with E-state index in [4.69, 9.17) is 5.11 Å². The molecule has 4 heteroatoms. The van der Waals surface area contributed by atoms with E-state index in [-0.39, 0.29) is 11.5 Å². The van der Waals surface area contributed by atoms with Crippen LogP contribution in [0.1, 0.15) is 78.6 Å². The van der Waals surface area contributed by atoms with Crippen molar-refractivity contribution in [2.45, 2.75) is 84.7 Å². The van der Waals surface area contributed by atoms with Gasteiger partial charge in [0.15, 0.2) is 0 Å². The molecule has 1 aliphatic heterocycles. The molecule has 0 aromatic heterocycles. The number of hydrogen-bond acceptors (Lipinski definition) is 3. The lowest BCUT2D eigenvalue weighted by molar-refractivity contribution is -0.137. The Labute approximate surface area is 158 Å². The molecule has 0 spiro atoms. The highest BCUT2D eigenvalue weighted by atomic mass is 32.2. The first kappa shape index (κ1) is 22.6. The van der Waals surface area contributed by atoms with Crippen molar-refractivity contribution in [3.05, 3.63) is 12.2 Å². The SMILES string of the molecule is CCCCC(C)(C)C(O)/C=C/[C@H]1CSC[C@H]1CCCCCCC(=O)O. The molecule has 3 atom stereocenters. The van der Waals surface area contributed by atoms with Crippen LogP contribution in [0.4, 0.5) is 0 Å². The molecule has 1 unspecified atom stereocenters. The van der Waals surface area contributed by atoms with Gasteiger partial charge in [0.05, 0.1) is 6.10 Å². The Morgan fingerprint density at radius 1 is 1.20 bits per heavy atom. The maximum atomic E-state index is 10.5. The fraction of sp³-hybridized carbons (Fsp3) is 0.857. The second kappa shape index (κ2) is 12.0. The van der Waals surface area contributed by atoms with Gasteiger partial charge in [-0.1, -0.05) is 65.0 Å². The summed E-state index contributed by atoms with van der Waals surface area (Å²) in [5, 5.41) is 19.2. The first-order valence-corrected chi connectivity index (χ1v) is 11.2. The Kier molecular flexibility index (Phi) is 10.8. The highest BCUT2D eigenvalue weighted by Gasteiger charge is 2.28. The topological polar surface area (TPSA) is 57.5 Å². The molecule has 0 aromatic carbocycles. The lowest BCUT2D eigenvalue weighted by atomic mass is 9.80. The van der Waals surface area contributed by atoms with E-state index in [1.165, 1.54) is 37.2 Å². The molecule has 1 heterocycles. The van der Waals surface area contributed by atoms with Gasteiger partial charge in [0, 0.05) is 6.42 Å². The minimum absolute atomic E-state index is 0.0438. The fourth-order valence-corrected chi connectivity index (χ4v) is 4.96. The fourth-order valence-electron chi connectivity index (χ4n) is 3.45. The molecule has 2 N–H and O–H groups in total. The van der Waals surface area contributed by atoms with Crippen LogP contribution in [0.15, 0.2) is 12.2 Å². The van der Waals surface area contributed by atoms with Gasteiger partial charge in [-0.3, -0.25) is 4.79 Å². The number of hydrogen-bond donors (Lipinski definition) is 2. The van der Waals surface area contributed by atoms with Crippen molar-refractivity contribution in [1.29, 1.82) is 0 Å². The van der Waals surface area contributed by atoms with Crippen molar-refractivity contribution in [3.63, 3.8) is 0 Å². The molecule has 0 aromatic rings. The second-order valence-corrected chi connectivity index (χ2v) is 9.30. The van der Waals surface area contributed by atoms with Crippen LogP contribution in [0.5, 0.6) is 0 Å². The minimum atomic E-state index is -0.683. The summed E-state index contributed by atoms with van der Waals surface area (Å²) < 4.78 is 0. The molecule has 1 aliphatic rings. The summed E-state index contributed by atoms with van der Waals surface area (Å²) in [7, 11) is 0. The van der Waals surface area contributed by atoms with Crippen LogP contribution in [-0.2, 0) is 4.79 Å². The summed E-state index contributed by atoms with van der Waals surface area (Å²) in [5.41, 5.74) is -0.0438. The molecule has 1 saturated heterocycles. The molecule has 0 amide bonds. The first-order chi connectivity index (χ1) is 11.9. The summed E-state index contributed by atoms with van der Waals surface area (Å²) in [6, 6.07) is 0.